The highest BCUT2D eigenvalue weighted by atomic mass is 19.1. The second kappa shape index (κ2) is 12.2. The molecule has 0 aliphatic carbocycles. The number of benzene rings is 2. The third-order valence-electron chi connectivity index (χ3n) is 6.77. The maximum atomic E-state index is 15.3. The monoisotopic (exact) mass is 607 g/mol. The van der Waals surface area contributed by atoms with E-state index in [1.165, 1.54) is 79.8 Å². The van der Waals surface area contributed by atoms with E-state index in [4.69, 9.17) is 14.2 Å². The summed E-state index contributed by atoms with van der Waals surface area (Å²) >= 11 is 0. The van der Waals surface area contributed by atoms with Crippen LogP contribution in [-0.4, -0.2) is 39.6 Å². The first-order chi connectivity index (χ1) is 21.8. The van der Waals surface area contributed by atoms with Crippen molar-refractivity contribution >= 4 is 22.6 Å². The lowest BCUT2D eigenvalue weighted by Crippen LogP contribution is -2.24. The van der Waals surface area contributed by atoms with Gasteiger partial charge in [0.05, 0.1) is 19.7 Å². The Hall–Kier alpha value is -6.17. The lowest BCUT2D eigenvalue weighted by atomic mass is 10.0. The average Bonchev–Trinajstić information content (AvgIpc) is 3.06. The van der Waals surface area contributed by atoms with E-state index in [0.29, 0.717) is 28.2 Å². The maximum absolute atomic E-state index is 15.3. The summed E-state index contributed by atoms with van der Waals surface area (Å²) in [5.41, 5.74) is 0.548. The molecular weight excluding hydrogens is 584 g/mol. The second-order valence-corrected chi connectivity index (χ2v) is 9.59. The summed E-state index contributed by atoms with van der Waals surface area (Å²) in [5.74, 6) is -0.964. The van der Waals surface area contributed by atoms with Crippen molar-refractivity contribution in [3.8, 4) is 40.1 Å². The molecule has 0 bridgehead atoms. The molecule has 4 heterocycles. The van der Waals surface area contributed by atoms with Gasteiger partial charge in [0.15, 0.2) is 23.1 Å². The molecule has 10 nitrogen and oxygen atoms in total. The number of aromatic nitrogens is 4. The van der Waals surface area contributed by atoms with Crippen molar-refractivity contribution in [3.05, 3.63) is 125 Å². The van der Waals surface area contributed by atoms with Gasteiger partial charge >= 0.3 is 0 Å². The van der Waals surface area contributed by atoms with Crippen LogP contribution < -0.4 is 25.0 Å². The Morgan fingerprint density at radius 2 is 1.67 bits per heavy atom. The van der Waals surface area contributed by atoms with E-state index in [2.05, 4.69) is 20.3 Å². The van der Waals surface area contributed by atoms with E-state index in [9.17, 15) is 14.0 Å². The first-order valence-electron chi connectivity index (χ1n) is 13.4. The number of amides is 1. The number of fused-ring (bicyclic) bond motifs is 1. The number of nitrogens with zero attached hydrogens (tertiary/aromatic N) is 4. The van der Waals surface area contributed by atoms with Gasteiger partial charge in [-0.25, -0.2) is 18.7 Å². The number of hydrogen-bond donors (Lipinski definition) is 1. The van der Waals surface area contributed by atoms with Crippen LogP contribution in [0.3, 0.4) is 0 Å². The number of anilines is 1. The summed E-state index contributed by atoms with van der Waals surface area (Å²) in [6.07, 6.45) is 5.90. The standard InChI is InChI=1S/C33H23F2N5O5/c1-43-28-16-25-30(39-33(28)44-2)27(12-14-36-25)45-26-11-10-21(15-24(26)35)38-32(42)23-18-40(29-5-3-4-13-37-29)17-22(31(23)41)19-6-8-20(34)9-7-19/h3-18H,1-2H3,(H,38,42). The van der Waals surface area contributed by atoms with Crippen molar-refractivity contribution in [1.29, 1.82) is 0 Å². The fourth-order valence-electron chi connectivity index (χ4n) is 4.58. The minimum atomic E-state index is -0.788. The van der Waals surface area contributed by atoms with Crippen molar-refractivity contribution in [1.82, 2.24) is 19.5 Å². The van der Waals surface area contributed by atoms with E-state index in [1.54, 1.807) is 30.5 Å². The van der Waals surface area contributed by atoms with Crippen LogP contribution in [0.15, 0.2) is 102 Å². The fraction of sp³-hybridized carbons (Fsp3) is 0.0606. The van der Waals surface area contributed by atoms with Gasteiger partial charge in [-0.15, -0.1) is 0 Å². The van der Waals surface area contributed by atoms with Gasteiger partial charge in [-0.05, 0) is 42.0 Å². The lowest BCUT2D eigenvalue weighted by molar-refractivity contribution is 0.102. The van der Waals surface area contributed by atoms with Gasteiger partial charge in [-0.3, -0.25) is 14.6 Å². The van der Waals surface area contributed by atoms with E-state index < -0.39 is 23.0 Å². The molecule has 0 saturated heterocycles. The Morgan fingerprint density at radius 3 is 2.38 bits per heavy atom. The zero-order valence-electron chi connectivity index (χ0n) is 23.8. The first kappa shape index (κ1) is 28.9. The fourth-order valence-corrected chi connectivity index (χ4v) is 4.58. The number of methoxy groups -OCH3 is 2. The minimum absolute atomic E-state index is 0.0740. The highest BCUT2D eigenvalue weighted by Crippen LogP contribution is 2.35. The number of ether oxygens (including phenoxy) is 3. The van der Waals surface area contributed by atoms with Crippen LogP contribution in [-0.2, 0) is 0 Å². The van der Waals surface area contributed by atoms with Crippen LogP contribution in [0.1, 0.15) is 10.4 Å². The van der Waals surface area contributed by atoms with Crippen molar-refractivity contribution in [2.75, 3.05) is 19.5 Å². The number of halogens is 2. The smallest absolute Gasteiger partial charge is 0.261 e. The Labute approximate surface area is 254 Å². The molecule has 0 spiro atoms. The number of pyridine rings is 4. The molecule has 12 heteroatoms. The minimum Gasteiger partial charge on any atom is -0.491 e. The summed E-state index contributed by atoms with van der Waals surface area (Å²) in [7, 11) is 2.91. The van der Waals surface area contributed by atoms with Gasteiger partial charge in [0.25, 0.3) is 11.8 Å². The number of hydrogen-bond acceptors (Lipinski definition) is 8. The molecule has 0 aliphatic rings. The van der Waals surface area contributed by atoms with E-state index in [-0.39, 0.29) is 34.2 Å². The third kappa shape index (κ3) is 5.89. The molecule has 4 aromatic heterocycles. The number of nitrogens with one attached hydrogen (secondary N) is 1. The van der Waals surface area contributed by atoms with Crippen LogP contribution in [0.4, 0.5) is 14.5 Å². The lowest BCUT2D eigenvalue weighted by Gasteiger charge is -2.13. The van der Waals surface area contributed by atoms with Crippen LogP contribution in [0, 0.1) is 11.6 Å². The molecule has 0 unspecified atom stereocenters. The summed E-state index contributed by atoms with van der Waals surface area (Å²) < 4.78 is 46.7. The second-order valence-electron chi connectivity index (χ2n) is 9.59. The molecule has 1 amide bonds. The quantitative estimate of drug-likeness (QED) is 0.218. The molecular formula is C33H23F2N5O5. The predicted octanol–water partition coefficient (Wildman–Crippen LogP) is 6.18. The van der Waals surface area contributed by atoms with Crippen molar-refractivity contribution < 1.29 is 27.8 Å². The molecule has 0 fully saturated rings. The summed E-state index contributed by atoms with van der Waals surface area (Å²) in [6.45, 7) is 0. The highest BCUT2D eigenvalue weighted by molar-refractivity contribution is 6.04. The Morgan fingerprint density at radius 1 is 0.844 bits per heavy atom. The van der Waals surface area contributed by atoms with Crippen LogP contribution in [0.25, 0.3) is 28.0 Å². The molecule has 0 atom stereocenters. The van der Waals surface area contributed by atoms with Crippen LogP contribution in [0.5, 0.6) is 23.1 Å². The van der Waals surface area contributed by atoms with Crippen molar-refractivity contribution in [3.63, 3.8) is 0 Å². The summed E-state index contributed by atoms with van der Waals surface area (Å²) in [4.78, 5) is 39.8. The van der Waals surface area contributed by atoms with E-state index >= 15 is 4.39 Å². The normalized spacial score (nSPS) is 10.8. The van der Waals surface area contributed by atoms with Gasteiger partial charge < -0.3 is 24.1 Å². The Kier molecular flexibility index (Phi) is 7.85. The van der Waals surface area contributed by atoms with E-state index in [0.717, 1.165) is 6.07 Å². The average molecular weight is 608 g/mol. The SMILES string of the molecule is COc1cc2nccc(Oc3ccc(NC(=O)c4cn(-c5ccccn5)cc(-c5ccc(F)cc5)c4=O)cc3F)c2nc1OC. The molecule has 224 valence electrons. The molecule has 45 heavy (non-hydrogen) atoms. The third-order valence-corrected chi connectivity index (χ3v) is 6.77. The maximum Gasteiger partial charge on any atom is 0.261 e. The molecule has 0 radical (unpaired) electrons. The number of rotatable bonds is 8. The van der Waals surface area contributed by atoms with Gasteiger partial charge in [-0.1, -0.05) is 18.2 Å². The van der Waals surface area contributed by atoms with Gasteiger partial charge in [0.1, 0.15) is 22.7 Å². The van der Waals surface area contributed by atoms with Crippen molar-refractivity contribution in [2.45, 2.75) is 0 Å². The van der Waals surface area contributed by atoms with Crippen molar-refractivity contribution in [2.24, 2.45) is 0 Å². The predicted molar refractivity (Wildman–Crippen MR) is 162 cm³/mol. The molecule has 2 aromatic carbocycles. The molecule has 0 aliphatic heterocycles. The van der Waals surface area contributed by atoms with Crippen LogP contribution >= 0.6 is 0 Å². The first-order valence-corrected chi connectivity index (χ1v) is 13.4. The molecule has 6 aromatic rings. The highest BCUT2D eigenvalue weighted by Gasteiger charge is 2.19. The summed E-state index contributed by atoms with van der Waals surface area (Å²) in [5, 5.41) is 2.57. The van der Waals surface area contributed by atoms with Gasteiger partial charge in [0, 0.05) is 54.2 Å². The number of carbonyl (C=O) groups excluding carboxylic acids is 1. The zero-order chi connectivity index (χ0) is 31.5. The van der Waals surface area contributed by atoms with Crippen LogP contribution in [0.2, 0.25) is 0 Å². The number of carbonyl (C=O) groups is 1. The molecule has 6 rings (SSSR count). The molecule has 1 N–H and O–H groups in total. The van der Waals surface area contributed by atoms with E-state index in [1.807, 2.05) is 0 Å². The zero-order valence-corrected chi connectivity index (χ0v) is 23.8. The van der Waals surface area contributed by atoms with Gasteiger partial charge in [-0.2, -0.15) is 0 Å². The largest absolute Gasteiger partial charge is 0.491 e. The molecule has 0 saturated carbocycles. The topological polar surface area (TPSA) is 117 Å². The Balaban J connectivity index is 1.31. The van der Waals surface area contributed by atoms with Gasteiger partial charge in [0.2, 0.25) is 5.43 Å². The Bertz CT molecular complexity index is 2100. The summed E-state index contributed by atoms with van der Waals surface area (Å²) in [6, 6.07) is 17.5.